The molecule has 0 bridgehead atoms. The van der Waals surface area contributed by atoms with Gasteiger partial charge in [-0.2, -0.15) is 0 Å². The van der Waals surface area contributed by atoms with Crippen molar-refractivity contribution in [1.82, 2.24) is 0 Å². The van der Waals surface area contributed by atoms with Crippen molar-refractivity contribution in [3.05, 3.63) is 123 Å². The number of rotatable bonds is 12. The van der Waals surface area contributed by atoms with Gasteiger partial charge in [0, 0.05) is 0 Å². The van der Waals surface area contributed by atoms with Gasteiger partial charge in [-0.25, -0.2) is 25.3 Å². The first-order valence-electron chi connectivity index (χ1n) is 24.3. The Kier molecular flexibility index (Phi) is 20.3. The Hall–Kier alpha value is -3.65. The molecule has 0 fully saturated rings. The Balaban J connectivity index is 0.000000276. The average Bonchev–Trinajstić information content (AvgIpc) is 3.22. The minimum atomic E-state index is -4.55. The van der Waals surface area contributed by atoms with Crippen LogP contribution in [-0.2, 0) is 47.4 Å². The summed E-state index contributed by atoms with van der Waals surface area (Å²) in [6, 6.07) is 22.1. The van der Waals surface area contributed by atoms with Gasteiger partial charge >= 0.3 is 17.1 Å². The molecule has 6 rings (SSSR count). The van der Waals surface area contributed by atoms with Crippen LogP contribution < -0.4 is 0 Å². The molecule has 0 saturated carbocycles. The topological polar surface area (TPSA) is 172 Å². The summed E-state index contributed by atoms with van der Waals surface area (Å²) in [6.45, 7) is 36.8. The van der Waals surface area contributed by atoms with E-state index in [1.165, 1.54) is 0 Å². The summed E-state index contributed by atoms with van der Waals surface area (Å²) in [6.07, 6.45) is 0. The molecule has 1 radical (unpaired) electrons. The first kappa shape index (κ1) is 60.7. The molecule has 0 aromatic heterocycles. The summed E-state index contributed by atoms with van der Waals surface area (Å²) in [5, 5.41) is 4.30. The first-order chi connectivity index (χ1) is 31.7. The number of hydrogen-bond acceptors (Lipinski definition) is 9. The van der Waals surface area contributed by atoms with Crippen LogP contribution in [0.15, 0.2) is 87.5 Å². The van der Waals surface area contributed by atoms with Crippen molar-refractivity contribution in [3.8, 4) is 0 Å². The van der Waals surface area contributed by atoms with Crippen molar-refractivity contribution in [1.29, 1.82) is 0 Å². The maximum atomic E-state index is 12.1. The van der Waals surface area contributed by atoms with E-state index < -0.39 is 30.4 Å². The maximum absolute atomic E-state index is 12.1. The van der Waals surface area contributed by atoms with Crippen molar-refractivity contribution in [3.63, 3.8) is 0 Å². The summed E-state index contributed by atoms with van der Waals surface area (Å²) in [5.74, 6) is 1.09. The van der Waals surface area contributed by atoms with Gasteiger partial charge in [-0.1, -0.05) is 197 Å². The molecule has 0 unspecified atom stereocenters. The zero-order valence-electron chi connectivity index (χ0n) is 44.4. The van der Waals surface area contributed by atoms with Crippen LogP contribution in [0.25, 0.3) is 32.3 Å². The molecule has 383 valence electrons. The van der Waals surface area contributed by atoms with E-state index in [1.807, 2.05) is 77.9 Å². The van der Waals surface area contributed by atoms with Gasteiger partial charge in [0.15, 0.2) is 0 Å². The normalized spacial score (nSPS) is 12.6. The molecule has 9 nitrogen and oxygen atoms in total. The van der Waals surface area contributed by atoms with Gasteiger partial charge in [0.2, 0.25) is 0 Å². The van der Waals surface area contributed by atoms with Gasteiger partial charge < -0.3 is 13.7 Å². The van der Waals surface area contributed by atoms with Gasteiger partial charge in [0.05, 0.1) is 14.7 Å². The van der Waals surface area contributed by atoms with Crippen LogP contribution in [0.1, 0.15) is 228 Å². The van der Waals surface area contributed by atoms with E-state index in [4.69, 9.17) is 0 Å². The van der Waals surface area contributed by atoms with Gasteiger partial charge in [0.25, 0.3) is 0 Å². The molecular formula is C57H75FeO9S3. The SMILES string of the molecule is CC(C)c1c(C(C)C)c(S(=O)(=O)[O-])c2ccccc2c1C(C)C.CC(C)c1c(C(C)C)c(S(=O)(=O)[O-])c2ccccc2c1C(C)C.CC(C)c1c(C(C)C)c(S(=O)(=O)[O-])c2ccccc2c1C(C)C.[Fe+3]. The van der Waals surface area contributed by atoms with Crippen LogP contribution in [0.4, 0.5) is 0 Å². The van der Waals surface area contributed by atoms with E-state index in [-0.39, 0.29) is 85.0 Å². The van der Waals surface area contributed by atoms with Crippen LogP contribution >= 0.6 is 0 Å². The predicted octanol–water partition coefficient (Wildman–Crippen LogP) is 15.3. The largest absolute Gasteiger partial charge is 3.00 e. The van der Waals surface area contributed by atoms with E-state index >= 15 is 0 Å². The molecule has 0 amide bonds. The smallest absolute Gasteiger partial charge is 0.744 e. The van der Waals surface area contributed by atoms with Crippen LogP contribution in [-0.4, -0.2) is 38.9 Å². The molecule has 13 heteroatoms. The molecule has 0 N–H and O–H groups in total. The molecule has 0 aliphatic carbocycles. The summed E-state index contributed by atoms with van der Waals surface area (Å²) in [4.78, 5) is -0.0939. The fourth-order valence-corrected chi connectivity index (χ4v) is 13.9. The number of hydrogen-bond donors (Lipinski definition) is 0. The minimum Gasteiger partial charge on any atom is -0.744 e. The second-order valence-electron chi connectivity index (χ2n) is 21.1. The Morgan fingerprint density at radius 2 is 0.400 bits per heavy atom. The van der Waals surface area contributed by atoms with Crippen molar-refractivity contribution in [2.45, 2.75) is 193 Å². The van der Waals surface area contributed by atoms with E-state index in [0.29, 0.717) is 32.8 Å². The molecule has 70 heavy (non-hydrogen) atoms. The molecule has 0 heterocycles. The molecule has 0 saturated heterocycles. The molecule has 0 aliphatic rings. The summed E-state index contributed by atoms with van der Waals surface area (Å²) in [5.41, 5.74) is 8.60. The van der Waals surface area contributed by atoms with Crippen molar-refractivity contribution in [2.24, 2.45) is 0 Å². The Labute approximate surface area is 431 Å². The fraction of sp³-hybridized carbons (Fsp3) is 0.474. The molecule has 6 aromatic rings. The van der Waals surface area contributed by atoms with E-state index in [0.717, 1.165) is 49.5 Å². The Morgan fingerprint density at radius 3 is 0.529 bits per heavy atom. The Morgan fingerprint density at radius 1 is 0.257 bits per heavy atom. The zero-order chi connectivity index (χ0) is 52.6. The second kappa shape index (κ2) is 23.5. The molecular weight excluding hydrogens is 981 g/mol. The third-order valence-corrected chi connectivity index (χ3v) is 15.6. The van der Waals surface area contributed by atoms with E-state index in [9.17, 15) is 38.9 Å². The molecule has 0 aliphatic heterocycles. The number of fused-ring (bicyclic) bond motifs is 3. The van der Waals surface area contributed by atoms with Crippen LogP contribution in [0.2, 0.25) is 0 Å². The standard InChI is InChI=1S/3C19H26O3S.Fe/c3*1-11(2)16-14-9-7-8-10-15(14)19(23(20,21)22)18(13(5)6)17(16)12(3)4;/h3*7-13H,1-6H3,(H,20,21,22);/q;;;+3/p-3. The fourth-order valence-electron chi connectivity index (χ4n) is 10.7. The van der Waals surface area contributed by atoms with E-state index in [1.54, 1.807) is 36.4 Å². The monoisotopic (exact) mass is 1060 g/mol. The third kappa shape index (κ3) is 12.6. The quantitative estimate of drug-likeness (QED) is 0.0854. The predicted molar refractivity (Wildman–Crippen MR) is 283 cm³/mol. The van der Waals surface area contributed by atoms with E-state index in [2.05, 4.69) is 83.1 Å². The maximum Gasteiger partial charge on any atom is 3.00 e. The van der Waals surface area contributed by atoms with Gasteiger partial charge in [-0.3, -0.25) is 0 Å². The molecule has 6 aromatic carbocycles. The zero-order valence-corrected chi connectivity index (χ0v) is 47.9. The second-order valence-corrected chi connectivity index (χ2v) is 25.1. The van der Waals surface area contributed by atoms with Gasteiger partial charge in [0.1, 0.15) is 30.4 Å². The number of benzene rings is 6. The van der Waals surface area contributed by atoms with Crippen LogP contribution in [0.5, 0.6) is 0 Å². The molecule has 0 atom stereocenters. The molecule has 0 spiro atoms. The summed E-state index contributed by atoms with van der Waals surface area (Å²) in [7, 11) is -13.7. The van der Waals surface area contributed by atoms with Crippen molar-refractivity contribution >= 4 is 62.7 Å². The first-order valence-corrected chi connectivity index (χ1v) is 28.6. The van der Waals surface area contributed by atoms with Crippen molar-refractivity contribution in [2.75, 3.05) is 0 Å². The minimum absolute atomic E-state index is 0. The summed E-state index contributed by atoms with van der Waals surface area (Å²) >= 11 is 0. The Bertz CT molecular complexity index is 2840. The van der Waals surface area contributed by atoms with Crippen LogP contribution in [0.3, 0.4) is 0 Å². The average molecular weight is 1060 g/mol. The van der Waals surface area contributed by atoms with Gasteiger partial charge in [-0.15, -0.1) is 0 Å². The summed E-state index contributed by atoms with van der Waals surface area (Å²) < 4.78 is 109. The third-order valence-electron chi connectivity index (χ3n) is 12.8. The van der Waals surface area contributed by atoms with Crippen molar-refractivity contribution < 1.29 is 56.0 Å². The van der Waals surface area contributed by atoms with Crippen LogP contribution in [0, 0.1) is 0 Å². The van der Waals surface area contributed by atoms with Gasteiger partial charge in [-0.05, 0) is 136 Å².